The Hall–Kier alpha value is -7.30. The van der Waals surface area contributed by atoms with Crippen LogP contribution in [-0.4, -0.2) is 0 Å². The minimum atomic E-state index is 0.851. The van der Waals surface area contributed by atoms with Crippen molar-refractivity contribution in [2.45, 2.75) is 90.0 Å². The highest BCUT2D eigenvalue weighted by atomic mass is 16.3. The number of benzene rings is 9. The third kappa shape index (κ3) is 6.79. The lowest BCUT2D eigenvalue weighted by molar-refractivity contribution is 0.661. The van der Waals surface area contributed by atoms with E-state index >= 15 is 0 Å². The van der Waals surface area contributed by atoms with Crippen molar-refractivity contribution in [3.8, 4) is 0 Å². The van der Waals surface area contributed by atoms with Crippen LogP contribution in [-0.2, 0) is 0 Å². The molecule has 4 nitrogen and oxygen atoms in total. The molecule has 0 radical (unpaired) electrons. The van der Waals surface area contributed by atoms with Crippen LogP contribution in [0.15, 0.2) is 124 Å². The van der Waals surface area contributed by atoms with Crippen molar-refractivity contribution >= 4 is 99.5 Å². The van der Waals surface area contributed by atoms with E-state index in [2.05, 4.69) is 215 Å². The van der Waals surface area contributed by atoms with Crippen LogP contribution in [0.2, 0.25) is 0 Å². The standard InChI is InChI=1S/C63H58N2O2/c1-33-18-52(19-34(2)42(33)10)64(53-20-35(3)43(11)36(4)21-53)50-16-14-46-29-56-57-26-41(9)62-61(63(57)67-59(56)31-48(46)27-50)58-30-47-15-17-51(28-49(47)32-60(58)66-62)65(54-22-37(5)44(12)38(6)23-54)55-24-39(7)45(13)40(8)25-55/h14-32H,1-13H3. The maximum absolute atomic E-state index is 6.99. The molecule has 4 heteroatoms. The zero-order valence-corrected chi connectivity index (χ0v) is 41.2. The average molecular weight is 875 g/mol. The number of anilines is 6. The lowest BCUT2D eigenvalue weighted by Gasteiger charge is -2.28. The predicted molar refractivity (Wildman–Crippen MR) is 287 cm³/mol. The zero-order valence-electron chi connectivity index (χ0n) is 41.2. The summed E-state index contributed by atoms with van der Waals surface area (Å²) in [7, 11) is 0. The summed E-state index contributed by atoms with van der Waals surface area (Å²) in [4.78, 5) is 4.81. The molecule has 0 saturated carbocycles. The van der Waals surface area contributed by atoms with E-state index in [1.165, 1.54) is 72.1 Å². The Morgan fingerprint density at radius 2 is 0.612 bits per heavy atom. The predicted octanol–water partition coefficient (Wildman–Crippen LogP) is 18.7. The quantitative estimate of drug-likeness (QED) is 0.167. The monoisotopic (exact) mass is 874 g/mol. The fourth-order valence-electron chi connectivity index (χ4n) is 10.5. The van der Waals surface area contributed by atoms with Gasteiger partial charge in [-0.25, -0.2) is 0 Å². The van der Waals surface area contributed by atoms with Crippen molar-refractivity contribution in [1.29, 1.82) is 0 Å². The molecule has 11 rings (SSSR count). The van der Waals surface area contributed by atoms with Gasteiger partial charge < -0.3 is 18.6 Å². The van der Waals surface area contributed by atoms with Gasteiger partial charge in [0.1, 0.15) is 22.3 Å². The first kappa shape index (κ1) is 42.3. The molecule has 0 aliphatic carbocycles. The number of furan rings is 2. The van der Waals surface area contributed by atoms with Crippen molar-refractivity contribution in [2.24, 2.45) is 0 Å². The Labute approximate surface area is 394 Å². The normalized spacial score (nSPS) is 12.0. The second kappa shape index (κ2) is 15.4. The smallest absolute Gasteiger partial charge is 0.147 e. The molecule has 0 amide bonds. The molecule has 0 fully saturated rings. The van der Waals surface area contributed by atoms with Gasteiger partial charge >= 0.3 is 0 Å². The number of rotatable bonds is 6. The summed E-state index contributed by atoms with van der Waals surface area (Å²) >= 11 is 0. The Morgan fingerprint density at radius 3 is 1.00 bits per heavy atom. The maximum atomic E-state index is 6.99. The lowest BCUT2D eigenvalue weighted by atomic mass is 9.99. The molecule has 0 N–H and O–H groups in total. The molecule has 0 unspecified atom stereocenters. The number of aryl methyl sites for hydroxylation is 9. The highest BCUT2D eigenvalue weighted by Gasteiger charge is 2.23. The fourth-order valence-corrected chi connectivity index (χ4v) is 10.5. The van der Waals surface area contributed by atoms with Gasteiger partial charge in [-0.05, 0) is 287 Å². The van der Waals surface area contributed by atoms with Crippen molar-refractivity contribution in [3.63, 3.8) is 0 Å². The summed E-state index contributed by atoms with van der Waals surface area (Å²) in [6.45, 7) is 28.7. The molecule has 0 spiro atoms. The van der Waals surface area contributed by atoms with Crippen molar-refractivity contribution < 1.29 is 8.83 Å². The van der Waals surface area contributed by atoms with Crippen LogP contribution in [0.5, 0.6) is 0 Å². The third-order valence-corrected chi connectivity index (χ3v) is 15.4. The van der Waals surface area contributed by atoms with Crippen LogP contribution < -0.4 is 9.80 Å². The van der Waals surface area contributed by atoms with Gasteiger partial charge in [-0.15, -0.1) is 0 Å². The first-order valence-electron chi connectivity index (χ1n) is 23.6. The van der Waals surface area contributed by atoms with E-state index in [1.54, 1.807) is 0 Å². The molecule has 0 aliphatic heterocycles. The van der Waals surface area contributed by atoms with Gasteiger partial charge in [-0.1, -0.05) is 12.1 Å². The van der Waals surface area contributed by atoms with Crippen molar-refractivity contribution in [2.75, 3.05) is 9.80 Å². The van der Waals surface area contributed by atoms with Crippen LogP contribution in [0.3, 0.4) is 0 Å². The Kier molecular flexibility index (Phi) is 9.72. The van der Waals surface area contributed by atoms with Gasteiger partial charge in [-0.2, -0.15) is 0 Å². The summed E-state index contributed by atoms with van der Waals surface area (Å²) in [5, 5.41) is 8.86. The van der Waals surface area contributed by atoms with Gasteiger partial charge in [-0.3, -0.25) is 0 Å². The number of fused-ring (bicyclic) bond motifs is 9. The van der Waals surface area contributed by atoms with Crippen LogP contribution >= 0.6 is 0 Å². The van der Waals surface area contributed by atoms with E-state index in [0.717, 1.165) is 99.7 Å². The second-order valence-corrected chi connectivity index (χ2v) is 19.7. The molecular weight excluding hydrogens is 817 g/mol. The van der Waals surface area contributed by atoms with Crippen molar-refractivity contribution in [1.82, 2.24) is 0 Å². The molecule has 0 aliphatic rings. The minimum absolute atomic E-state index is 0.851. The maximum Gasteiger partial charge on any atom is 0.147 e. The van der Waals surface area contributed by atoms with E-state index in [9.17, 15) is 0 Å². The molecule has 11 aromatic rings. The average Bonchev–Trinajstić information content (AvgIpc) is 3.84. The SMILES string of the molecule is Cc1cc(N(c2cc(C)c(C)c(C)c2)c2ccc3cc4c(cc3c2)oc2c4cc(C)c3oc4cc5cc(N(c6cc(C)c(C)c(C)c6)c6cc(C)c(C)c(C)c6)ccc5cc4c32)cc(C)c1C. The van der Waals surface area contributed by atoms with Crippen molar-refractivity contribution in [3.05, 3.63) is 188 Å². The van der Waals surface area contributed by atoms with Gasteiger partial charge in [0.05, 0.1) is 5.39 Å². The Morgan fingerprint density at radius 1 is 0.269 bits per heavy atom. The molecule has 9 aromatic carbocycles. The molecule has 2 aromatic heterocycles. The Bertz CT molecular complexity index is 3710. The lowest BCUT2D eigenvalue weighted by Crippen LogP contribution is -2.12. The number of nitrogens with zero attached hydrogens (tertiary/aromatic N) is 2. The highest BCUT2D eigenvalue weighted by Crippen LogP contribution is 2.46. The van der Waals surface area contributed by atoms with E-state index in [-0.39, 0.29) is 0 Å². The Balaban J connectivity index is 1.06. The number of hydrogen-bond acceptors (Lipinski definition) is 4. The molecule has 332 valence electrons. The summed E-state index contributed by atoms with van der Waals surface area (Å²) in [6.07, 6.45) is 0. The van der Waals surface area contributed by atoms with Gasteiger partial charge in [0.2, 0.25) is 0 Å². The largest absolute Gasteiger partial charge is 0.456 e. The van der Waals surface area contributed by atoms with Crippen LogP contribution in [0.25, 0.3) is 65.4 Å². The van der Waals surface area contributed by atoms with E-state index in [1.807, 2.05) is 0 Å². The molecule has 0 bridgehead atoms. The summed E-state index contributed by atoms with van der Waals surface area (Å²) < 4.78 is 13.8. The molecule has 2 heterocycles. The summed E-state index contributed by atoms with van der Waals surface area (Å²) in [6, 6.07) is 43.5. The second-order valence-electron chi connectivity index (χ2n) is 19.7. The topological polar surface area (TPSA) is 32.8 Å². The molecule has 0 atom stereocenters. The third-order valence-electron chi connectivity index (χ3n) is 15.4. The van der Waals surface area contributed by atoms with Gasteiger partial charge in [0, 0.05) is 50.3 Å². The van der Waals surface area contributed by atoms with Crippen LogP contribution in [0, 0.1) is 90.0 Å². The summed E-state index contributed by atoms with van der Waals surface area (Å²) in [5.74, 6) is 0. The minimum Gasteiger partial charge on any atom is -0.456 e. The molecule has 67 heavy (non-hydrogen) atoms. The first-order valence-corrected chi connectivity index (χ1v) is 23.6. The van der Waals surface area contributed by atoms with E-state index < -0.39 is 0 Å². The van der Waals surface area contributed by atoms with E-state index in [0.29, 0.717) is 0 Å². The number of hydrogen-bond donors (Lipinski definition) is 0. The van der Waals surface area contributed by atoms with Crippen LogP contribution in [0.1, 0.15) is 72.3 Å². The van der Waals surface area contributed by atoms with Crippen LogP contribution in [0.4, 0.5) is 34.1 Å². The zero-order chi connectivity index (χ0) is 46.9. The van der Waals surface area contributed by atoms with E-state index in [4.69, 9.17) is 8.83 Å². The van der Waals surface area contributed by atoms with Gasteiger partial charge in [0.15, 0.2) is 0 Å². The first-order chi connectivity index (χ1) is 32.0. The molecular formula is C63H58N2O2. The highest BCUT2D eigenvalue weighted by molar-refractivity contribution is 6.25. The summed E-state index contributed by atoms with van der Waals surface area (Å²) in [5.41, 5.74) is 27.0. The van der Waals surface area contributed by atoms with Gasteiger partial charge in [0.25, 0.3) is 0 Å². The molecule has 0 saturated heterocycles. The fraction of sp³-hybridized carbons (Fsp3) is 0.206.